The molecule has 52 heavy (non-hydrogen) atoms. The lowest BCUT2D eigenvalue weighted by Crippen LogP contribution is -2.44. The van der Waals surface area contributed by atoms with Crippen LogP contribution in [0, 0.1) is 0 Å². The lowest BCUT2D eigenvalue weighted by Gasteiger charge is -2.26. The molecule has 7 nitrogen and oxygen atoms in total. The molecule has 0 fully saturated rings. The Morgan fingerprint density at radius 3 is 2.02 bits per heavy atom. The largest absolute Gasteiger partial charge is 0.480 e. The SMILES string of the molecule is CC1(Cl)C=C(C(=O)N[C@@H](Cc2ccc(-c3cccc(Oc4ccccc4)c3)cc2)C(=O)O)C(NC(=O)c2cc(C(F)(F)F)cc(C(F)(F)F)c2)=CC1. The van der Waals surface area contributed by atoms with Crippen LogP contribution >= 0.6 is 11.6 Å². The van der Waals surface area contributed by atoms with Crippen LogP contribution in [0.1, 0.15) is 40.4 Å². The molecule has 0 bridgehead atoms. The van der Waals surface area contributed by atoms with Gasteiger partial charge in [-0.1, -0.05) is 60.7 Å². The molecule has 1 unspecified atom stereocenters. The van der Waals surface area contributed by atoms with Crippen LogP contribution in [0.3, 0.4) is 0 Å². The van der Waals surface area contributed by atoms with E-state index < -0.39 is 57.7 Å². The van der Waals surface area contributed by atoms with Gasteiger partial charge in [0, 0.05) is 17.7 Å². The summed E-state index contributed by atoms with van der Waals surface area (Å²) in [6.07, 6.45) is -8.06. The smallest absolute Gasteiger partial charge is 0.416 e. The first-order chi connectivity index (χ1) is 24.4. The van der Waals surface area contributed by atoms with Gasteiger partial charge in [-0.3, -0.25) is 9.59 Å². The van der Waals surface area contributed by atoms with Gasteiger partial charge < -0.3 is 20.5 Å². The maximum Gasteiger partial charge on any atom is 0.416 e. The predicted octanol–water partition coefficient (Wildman–Crippen LogP) is 8.94. The molecule has 0 aromatic heterocycles. The van der Waals surface area contributed by atoms with Crippen LogP contribution < -0.4 is 15.4 Å². The van der Waals surface area contributed by atoms with Crippen LogP contribution in [0.15, 0.2) is 120 Å². The van der Waals surface area contributed by atoms with E-state index in [-0.39, 0.29) is 42.3 Å². The van der Waals surface area contributed by atoms with Crippen molar-refractivity contribution in [3.63, 3.8) is 0 Å². The third-order valence-corrected chi connectivity index (χ3v) is 8.19. The highest BCUT2D eigenvalue weighted by molar-refractivity contribution is 6.26. The number of carboxylic acids is 1. The molecule has 2 amide bonds. The second-order valence-electron chi connectivity index (χ2n) is 12.1. The number of benzene rings is 4. The number of hydrogen-bond acceptors (Lipinski definition) is 4. The Morgan fingerprint density at radius 1 is 0.808 bits per heavy atom. The molecule has 0 saturated heterocycles. The summed E-state index contributed by atoms with van der Waals surface area (Å²) in [5, 5.41) is 14.5. The summed E-state index contributed by atoms with van der Waals surface area (Å²) in [5.74, 6) is -2.50. The quantitative estimate of drug-likeness (QED) is 0.111. The third kappa shape index (κ3) is 9.60. The average Bonchev–Trinajstić information content (AvgIpc) is 3.08. The number of allylic oxidation sites excluding steroid dienone is 2. The standard InChI is InChI=1S/C38H29ClF6N2O5/c1-36(39)15-14-31(46-33(48)25-17-26(37(40,41)42)20-27(18-25)38(43,44)45)30(21-36)34(49)47-32(35(50)51)16-22-10-12-23(13-11-22)24-6-5-9-29(19-24)52-28-7-3-2-4-8-28/h2-14,17-21,32H,15-16H2,1H3,(H,46,48)(H,47,49)(H,50,51)/t32-,36?/m0/s1. The number of carbonyl (C=O) groups is 3. The van der Waals surface area contributed by atoms with E-state index in [2.05, 4.69) is 10.6 Å². The summed E-state index contributed by atoms with van der Waals surface area (Å²) >= 11 is 6.43. The molecule has 2 atom stereocenters. The molecule has 14 heteroatoms. The molecule has 4 aromatic carbocycles. The maximum atomic E-state index is 13.5. The number of amides is 2. The fourth-order valence-corrected chi connectivity index (χ4v) is 5.49. The average molecular weight is 743 g/mol. The second-order valence-corrected chi connectivity index (χ2v) is 13.0. The van der Waals surface area contributed by atoms with E-state index in [0.717, 1.165) is 11.1 Å². The van der Waals surface area contributed by atoms with Gasteiger partial charge in [-0.2, -0.15) is 26.3 Å². The molecule has 270 valence electrons. The lowest BCUT2D eigenvalue weighted by molar-refractivity contribution is -0.143. The highest BCUT2D eigenvalue weighted by Crippen LogP contribution is 2.37. The molecule has 0 aliphatic heterocycles. The van der Waals surface area contributed by atoms with Gasteiger partial charge >= 0.3 is 18.3 Å². The van der Waals surface area contributed by atoms with Crippen molar-refractivity contribution in [3.8, 4) is 22.6 Å². The van der Waals surface area contributed by atoms with Crippen molar-refractivity contribution >= 4 is 29.4 Å². The van der Waals surface area contributed by atoms with Crippen LogP contribution in [0.5, 0.6) is 11.5 Å². The molecule has 0 spiro atoms. The lowest BCUT2D eigenvalue weighted by atomic mass is 9.93. The molecule has 5 rings (SSSR count). The summed E-state index contributed by atoms with van der Waals surface area (Å²) in [6.45, 7) is 1.51. The van der Waals surface area contributed by atoms with E-state index in [4.69, 9.17) is 16.3 Å². The normalized spacial score (nSPS) is 16.6. The van der Waals surface area contributed by atoms with E-state index in [1.165, 1.54) is 19.1 Å². The number of halogens is 7. The number of aliphatic carboxylic acids is 1. The van der Waals surface area contributed by atoms with Gasteiger partial charge in [0.05, 0.1) is 21.6 Å². The van der Waals surface area contributed by atoms with Crippen molar-refractivity contribution in [1.29, 1.82) is 0 Å². The molecule has 0 radical (unpaired) electrons. The molecular formula is C38H29ClF6N2O5. The first kappa shape index (κ1) is 37.7. The van der Waals surface area contributed by atoms with Crippen molar-refractivity contribution in [2.24, 2.45) is 0 Å². The van der Waals surface area contributed by atoms with Crippen molar-refractivity contribution in [2.75, 3.05) is 0 Å². The van der Waals surface area contributed by atoms with E-state index in [0.29, 0.717) is 17.1 Å². The van der Waals surface area contributed by atoms with Gasteiger partial charge in [0.25, 0.3) is 11.8 Å². The molecule has 1 aliphatic carbocycles. The Morgan fingerprint density at radius 2 is 1.42 bits per heavy atom. The molecule has 4 aromatic rings. The van der Waals surface area contributed by atoms with Crippen LogP contribution in [-0.4, -0.2) is 33.8 Å². The van der Waals surface area contributed by atoms with E-state index in [1.807, 2.05) is 48.5 Å². The number of ether oxygens (including phenoxy) is 1. The fourth-order valence-electron chi connectivity index (χ4n) is 5.30. The highest BCUT2D eigenvalue weighted by atomic mass is 35.5. The van der Waals surface area contributed by atoms with Gasteiger partial charge in [0.2, 0.25) is 0 Å². The number of carboxylic acid groups (broad SMARTS) is 1. The Hall–Kier alpha value is -5.56. The zero-order valence-corrected chi connectivity index (χ0v) is 27.9. The van der Waals surface area contributed by atoms with E-state index >= 15 is 0 Å². The van der Waals surface area contributed by atoms with Crippen molar-refractivity contribution in [2.45, 2.75) is 43.0 Å². The first-order valence-corrected chi connectivity index (χ1v) is 15.9. The minimum absolute atomic E-state index is 0.00728. The van der Waals surface area contributed by atoms with Gasteiger partial charge in [0.1, 0.15) is 17.5 Å². The Balaban J connectivity index is 1.31. The zero-order valence-electron chi connectivity index (χ0n) is 27.1. The highest BCUT2D eigenvalue weighted by Gasteiger charge is 2.38. The molecule has 0 saturated carbocycles. The minimum Gasteiger partial charge on any atom is -0.480 e. The van der Waals surface area contributed by atoms with Crippen LogP contribution in [0.2, 0.25) is 0 Å². The predicted molar refractivity (Wildman–Crippen MR) is 181 cm³/mol. The van der Waals surface area contributed by atoms with Gasteiger partial charge in [-0.15, -0.1) is 11.6 Å². The number of carbonyl (C=O) groups excluding carboxylic acids is 2. The molecule has 3 N–H and O–H groups in total. The second kappa shape index (κ2) is 15.0. The monoisotopic (exact) mass is 742 g/mol. The maximum absolute atomic E-state index is 13.5. The number of para-hydroxylation sites is 1. The number of alkyl halides is 7. The van der Waals surface area contributed by atoms with Crippen molar-refractivity contribution in [1.82, 2.24) is 10.6 Å². The van der Waals surface area contributed by atoms with E-state index in [1.54, 1.807) is 30.3 Å². The Bertz CT molecular complexity index is 2010. The summed E-state index contributed by atoms with van der Waals surface area (Å²) in [5.41, 5.74) is -2.80. The van der Waals surface area contributed by atoms with Crippen LogP contribution in [0.4, 0.5) is 26.3 Å². The van der Waals surface area contributed by atoms with Crippen molar-refractivity contribution < 1.29 is 50.6 Å². The zero-order chi connectivity index (χ0) is 37.8. The number of nitrogens with one attached hydrogen (secondary N) is 2. The number of hydrogen-bond donors (Lipinski definition) is 3. The van der Waals surface area contributed by atoms with Gasteiger partial charge in [-0.25, -0.2) is 4.79 Å². The molecule has 1 aliphatic rings. The number of rotatable bonds is 10. The summed E-state index contributed by atoms with van der Waals surface area (Å²) in [6, 6.07) is 22.4. The third-order valence-electron chi connectivity index (χ3n) is 7.93. The summed E-state index contributed by atoms with van der Waals surface area (Å²) in [4.78, 5) is 37.6. The summed E-state index contributed by atoms with van der Waals surface area (Å²) in [7, 11) is 0. The van der Waals surface area contributed by atoms with Gasteiger partial charge in [-0.05, 0) is 78.6 Å². The molecular weight excluding hydrogens is 714 g/mol. The molecule has 0 heterocycles. The minimum atomic E-state index is -5.19. The van der Waals surface area contributed by atoms with Crippen LogP contribution in [-0.2, 0) is 28.4 Å². The van der Waals surface area contributed by atoms with E-state index in [9.17, 15) is 45.8 Å². The van der Waals surface area contributed by atoms with Gasteiger partial charge in [0.15, 0.2) is 0 Å². The Kier molecular flexibility index (Phi) is 10.8. The fraction of sp³-hybridized carbons (Fsp3) is 0.184. The first-order valence-electron chi connectivity index (χ1n) is 15.6. The van der Waals surface area contributed by atoms with Crippen molar-refractivity contribution in [3.05, 3.63) is 143 Å². The topological polar surface area (TPSA) is 105 Å². The van der Waals surface area contributed by atoms with Crippen LogP contribution in [0.25, 0.3) is 11.1 Å². The summed E-state index contributed by atoms with van der Waals surface area (Å²) < 4.78 is 86.3. The Labute approximate surface area is 298 Å².